The van der Waals surface area contributed by atoms with Crippen LogP contribution in [0.3, 0.4) is 0 Å². The Morgan fingerprint density at radius 3 is 2.69 bits per heavy atom. The quantitative estimate of drug-likeness (QED) is 0.824. The van der Waals surface area contributed by atoms with Gasteiger partial charge in [0, 0.05) is 5.56 Å². The summed E-state index contributed by atoms with van der Waals surface area (Å²) in [5.41, 5.74) is 9.63. The molecule has 1 heterocycles. The minimum atomic E-state index is 0.313. The minimum absolute atomic E-state index is 0.313. The van der Waals surface area contributed by atoms with Gasteiger partial charge in [0.25, 0.3) is 0 Å². The van der Waals surface area contributed by atoms with Gasteiger partial charge in [-0.15, -0.1) is 0 Å². The second kappa shape index (κ2) is 4.10. The van der Waals surface area contributed by atoms with E-state index >= 15 is 0 Å². The third-order valence-electron chi connectivity index (χ3n) is 2.46. The molecule has 1 aromatic heterocycles. The maximum Gasteiger partial charge on any atom is 0.146 e. The Bertz CT molecular complexity index is 538. The lowest BCUT2D eigenvalue weighted by molar-refractivity contribution is 1.17. The third kappa shape index (κ3) is 1.86. The molecule has 82 valence electrons. The Labute approximate surface area is 99.3 Å². The lowest BCUT2D eigenvalue weighted by Crippen LogP contribution is -1.96. The summed E-state index contributed by atoms with van der Waals surface area (Å²) >= 11 is 6.10. The van der Waals surface area contributed by atoms with Crippen molar-refractivity contribution >= 4 is 17.4 Å². The van der Waals surface area contributed by atoms with Crippen LogP contribution in [0.4, 0.5) is 5.82 Å². The van der Waals surface area contributed by atoms with Crippen molar-refractivity contribution < 1.29 is 0 Å². The van der Waals surface area contributed by atoms with Crippen LogP contribution < -0.4 is 5.73 Å². The Balaban J connectivity index is 2.67. The number of anilines is 1. The van der Waals surface area contributed by atoms with Gasteiger partial charge in [0.15, 0.2) is 0 Å². The molecule has 0 unspecified atom stereocenters. The molecule has 3 nitrogen and oxygen atoms in total. The minimum Gasteiger partial charge on any atom is -0.382 e. The van der Waals surface area contributed by atoms with Crippen LogP contribution in [-0.2, 0) is 0 Å². The fourth-order valence-electron chi connectivity index (χ4n) is 1.56. The molecule has 0 spiro atoms. The van der Waals surface area contributed by atoms with Crippen molar-refractivity contribution in [1.82, 2.24) is 9.97 Å². The van der Waals surface area contributed by atoms with Gasteiger partial charge in [-0.3, -0.25) is 0 Å². The highest BCUT2D eigenvalue weighted by Crippen LogP contribution is 2.31. The second-order valence-electron chi connectivity index (χ2n) is 3.74. The molecule has 0 atom stereocenters. The van der Waals surface area contributed by atoms with E-state index in [1.807, 2.05) is 26.0 Å². The third-order valence-corrected chi connectivity index (χ3v) is 2.84. The van der Waals surface area contributed by atoms with Crippen LogP contribution in [-0.4, -0.2) is 9.97 Å². The van der Waals surface area contributed by atoms with Crippen LogP contribution in [0.15, 0.2) is 24.5 Å². The zero-order valence-corrected chi connectivity index (χ0v) is 9.92. The number of aromatic nitrogens is 2. The Morgan fingerprint density at radius 2 is 1.94 bits per heavy atom. The average molecular weight is 234 g/mol. The van der Waals surface area contributed by atoms with Crippen LogP contribution in [0.1, 0.15) is 11.1 Å². The van der Waals surface area contributed by atoms with Gasteiger partial charge in [0.2, 0.25) is 0 Å². The standard InChI is InChI=1S/C12H12ClN3/c1-7-3-4-8(2)9(5-7)11-10(13)12(14)16-6-15-11/h3-6H,1-2H3,(H2,14,15,16). The lowest BCUT2D eigenvalue weighted by atomic mass is 10.0. The van der Waals surface area contributed by atoms with E-state index in [1.165, 1.54) is 6.33 Å². The van der Waals surface area contributed by atoms with Gasteiger partial charge in [0.1, 0.15) is 17.2 Å². The van der Waals surface area contributed by atoms with Crippen LogP contribution in [0.5, 0.6) is 0 Å². The van der Waals surface area contributed by atoms with E-state index in [1.54, 1.807) is 0 Å². The maximum atomic E-state index is 6.10. The van der Waals surface area contributed by atoms with E-state index in [9.17, 15) is 0 Å². The molecule has 0 saturated heterocycles. The largest absolute Gasteiger partial charge is 0.382 e. The van der Waals surface area contributed by atoms with Crippen molar-refractivity contribution in [3.63, 3.8) is 0 Å². The normalized spacial score (nSPS) is 10.4. The van der Waals surface area contributed by atoms with Gasteiger partial charge in [-0.1, -0.05) is 29.3 Å². The average Bonchev–Trinajstić information content (AvgIpc) is 2.26. The van der Waals surface area contributed by atoms with E-state index in [-0.39, 0.29) is 0 Å². The summed E-state index contributed by atoms with van der Waals surface area (Å²) in [5, 5.41) is 0.413. The lowest BCUT2D eigenvalue weighted by Gasteiger charge is -2.08. The number of benzene rings is 1. The van der Waals surface area contributed by atoms with Crippen LogP contribution >= 0.6 is 11.6 Å². The molecular weight excluding hydrogens is 222 g/mol. The van der Waals surface area contributed by atoms with Gasteiger partial charge in [-0.25, -0.2) is 9.97 Å². The predicted molar refractivity (Wildman–Crippen MR) is 66.4 cm³/mol. The number of halogens is 1. The van der Waals surface area contributed by atoms with Gasteiger partial charge in [0.05, 0.1) is 5.69 Å². The molecule has 2 rings (SSSR count). The first kappa shape index (κ1) is 10.9. The highest BCUT2D eigenvalue weighted by Gasteiger charge is 2.11. The molecule has 0 aliphatic heterocycles. The summed E-state index contributed by atoms with van der Waals surface area (Å²) in [5.74, 6) is 0.313. The van der Waals surface area contributed by atoms with Gasteiger partial charge in [-0.2, -0.15) is 0 Å². The Kier molecular flexibility index (Phi) is 2.79. The summed E-state index contributed by atoms with van der Waals surface area (Å²) in [7, 11) is 0. The van der Waals surface area contributed by atoms with Crippen molar-refractivity contribution in [1.29, 1.82) is 0 Å². The molecule has 1 aromatic carbocycles. The Morgan fingerprint density at radius 1 is 1.19 bits per heavy atom. The number of hydrogen-bond donors (Lipinski definition) is 1. The smallest absolute Gasteiger partial charge is 0.146 e. The molecular formula is C12H12ClN3. The Hall–Kier alpha value is -1.61. The number of nitrogens with zero attached hydrogens (tertiary/aromatic N) is 2. The van der Waals surface area contributed by atoms with Crippen LogP contribution in [0, 0.1) is 13.8 Å². The van der Waals surface area contributed by atoms with Gasteiger partial charge in [-0.05, 0) is 25.5 Å². The fourth-order valence-corrected chi connectivity index (χ4v) is 1.76. The topological polar surface area (TPSA) is 51.8 Å². The van der Waals surface area contributed by atoms with Crippen LogP contribution in [0.25, 0.3) is 11.3 Å². The number of nitrogen functional groups attached to an aromatic ring is 1. The van der Waals surface area contributed by atoms with E-state index in [4.69, 9.17) is 17.3 Å². The first-order valence-electron chi connectivity index (χ1n) is 4.93. The van der Waals surface area contributed by atoms with Crippen molar-refractivity contribution in [3.05, 3.63) is 40.7 Å². The highest BCUT2D eigenvalue weighted by molar-refractivity contribution is 6.35. The van der Waals surface area contributed by atoms with Crippen LogP contribution in [0.2, 0.25) is 5.02 Å². The first-order valence-corrected chi connectivity index (χ1v) is 5.31. The van der Waals surface area contributed by atoms with Gasteiger partial charge < -0.3 is 5.73 Å². The summed E-state index contributed by atoms with van der Waals surface area (Å²) in [6, 6.07) is 6.14. The molecule has 0 saturated carbocycles. The molecule has 0 fully saturated rings. The van der Waals surface area contributed by atoms with E-state index in [0.29, 0.717) is 16.5 Å². The number of nitrogens with two attached hydrogens (primary N) is 1. The van der Waals surface area contributed by atoms with E-state index in [0.717, 1.165) is 16.7 Å². The monoisotopic (exact) mass is 233 g/mol. The SMILES string of the molecule is Cc1ccc(C)c(-c2ncnc(N)c2Cl)c1. The van der Waals surface area contributed by atoms with Crippen molar-refractivity contribution in [2.24, 2.45) is 0 Å². The highest BCUT2D eigenvalue weighted by atomic mass is 35.5. The van der Waals surface area contributed by atoms with Crippen molar-refractivity contribution in [2.75, 3.05) is 5.73 Å². The summed E-state index contributed by atoms with van der Waals surface area (Å²) in [6.07, 6.45) is 1.43. The molecule has 0 amide bonds. The van der Waals surface area contributed by atoms with E-state index < -0.39 is 0 Å². The molecule has 4 heteroatoms. The number of rotatable bonds is 1. The molecule has 0 bridgehead atoms. The van der Waals surface area contributed by atoms with Crippen molar-refractivity contribution in [2.45, 2.75) is 13.8 Å². The molecule has 0 aliphatic carbocycles. The first-order chi connectivity index (χ1) is 7.59. The predicted octanol–water partition coefficient (Wildman–Crippen LogP) is 3.00. The molecule has 2 aromatic rings. The molecule has 2 N–H and O–H groups in total. The molecule has 0 radical (unpaired) electrons. The maximum absolute atomic E-state index is 6.10. The zero-order valence-electron chi connectivity index (χ0n) is 9.16. The molecule has 0 aliphatic rings. The molecule has 16 heavy (non-hydrogen) atoms. The van der Waals surface area contributed by atoms with Crippen molar-refractivity contribution in [3.8, 4) is 11.3 Å². The number of aryl methyl sites for hydroxylation is 2. The van der Waals surface area contributed by atoms with Gasteiger partial charge >= 0.3 is 0 Å². The van der Waals surface area contributed by atoms with E-state index in [2.05, 4.69) is 16.0 Å². The summed E-state index contributed by atoms with van der Waals surface area (Å²) in [6.45, 7) is 4.05. The second-order valence-corrected chi connectivity index (χ2v) is 4.12. The summed E-state index contributed by atoms with van der Waals surface area (Å²) < 4.78 is 0. The zero-order chi connectivity index (χ0) is 11.7. The number of hydrogen-bond acceptors (Lipinski definition) is 3. The summed E-state index contributed by atoms with van der Waals surface area (Å²) in [4.78, 5) is 8.04. The fraction of sp³-hybridized carbons (Fsp3) is 0.167.